The average molecular weight is 437 g/mol. The maximum atomic E-state index is 12.0. The molecular formula is C21H34BClN4O3. The van der Waals surface area contributed by atoms with E-state index in [1.807, 2.05) is 32.6 Å². The molecule has 0 radical (unpaired) electrons. The van der Waals surface area contributed by atoms with Crippen LogP contribution in [0.5, 0.6) is 0 Å². The number of anilines is 1. The van der Waals surface area contributed by atoms with Gasteiger partial charge in [-0.1, -0.05) is 0 Å². The first-order chi connectivity index (χ1) is 14.0. The summed E-state index contributed by atoms with van der Waals surface area (Å²) in [6.07, 6.45) is 5.68. The normalized spacial score (nSPS) is 23.1. The van der Waals surface area contributed by atoms with E-state index in [9.17, 15) is 4.79 Å². The summed E-state index contributed by atoms with van der Waals surface area (Å²) in [5, 5.41) is 0. The number of nitrogens with zero attached hydrogens (tertiary/aromatic N) is 4. The molecule has 0 aliphatic carbocycles. The fraction of sp³-hybridized carbons (Fsp3) is 0.762. The number of amides is 1. The minimum Gasteiger partial charge on any atom is -0.399 e. The Hall–Kier alpha value is -1.38. The molecule has 3 heterocycles. The molecule has 1 aromatic rings. The topological polar surface area (TPSA) is 67.8 Å². The Labute approximate surface area is 185 Å². The molecule has 0 spiro atoms. The highest BCUT2D eigenvalue weighted by atomic mass is 35.5. The van der Waals surface area contributed by atoms with Crippen molar-refractivity contribution in [1.82, 2.24) is 14.9 Å². The summed E-state index contributed by atoms with van der Waals surface area (Å²) in [7, 11) is -0.468. The van der Waals surface area contributed by atoms with Crippen LogP contribution in [0.25, 0.3) is 0 Å². The van der Waals surface area contributed by atoms with Gasteiger partial charge in [-0.25, -0.2) is 9.97 Å². The fourth-order valence-corrected chi connectivity index (χ4v) is 4.08. The second-order valence-electron chi connectivity index (χ2n) is 9.63. The van der Waals surface area contributed by atoms with Gasteiger partial charge in [-0.2, -0.15) is 0 Å². The van der Waals surface area contributed by atoms with E-state index in [1.165, 1.54) is 0 Å². The van der Waals surface area contributed by atoms with E-state index in [-0.39, 0.29) is 17.8 Å². The zero-order chi connectivity index (χ0) is 22.1. The molecule has 0 bridgehead atoms. The quantitative estimate of drug-likeness (QED) is 0.504. The molecule has 0 aromatic carbocycles. The molecule has 1 amide bonds. The van der Waals surface area contributed by atoms with Crippen molar-refractivity contribution < 1.29 is 14.1 Å². The average Bonchev–Trinajstić information content (AvgIpc) is 2.93. The molecular weight excluding hydrogens is 403 g/mol. The zero-order valence-electron chi connectivity index (χ0n) is 19.0. The van der Waals surface area contributed by atoms with Crippen molar-refractivity contribution in [3.05, 3.63) is 12.4 Å². The van der Waals surface area contributed by atoms with Gasteiger partial charge in [0.1, 0.15) is 5.88 Å². The summed E-state index contributed by atoms with van der Waals surface area (Å²) in [6.45, 7) is 14.7. The van der Waals surface area contributed by atoms with E-state index in [1.54, 1.807) is 12.4 Å². The fourth-order valence-electron chi connectivity index (χ4n) is 3.91. The van der Waals surface area contributed by atoms with Crippen LogP contribution in [-0.4, -0.2) is 70.7 Å². The van der Waals surface area contributed by atoms with Crippen molar-refractivity contribution in [3.63, 3.8) is 0 Å². The number of halogens is 1. The number of alkyl halides is 1. The van der Waals surface area contributed by atoms with Crippen molar-refractivity contribution in [1.29, 1.82) is 0 Å². The van der Waals surface area contributed by atoms with Crippen LogP contribution in [0.4, 0.5) is 5.95 Å². The first kappa shape index (κ1) is 23.3. The Bertz CT molecular complexity index is 728. The molecule has 0 N–H and O–H groups in total. The molecule has 2 aliphatic heterocycles. The number of piperidine rings is 1. The van der Waals surface area contributed by atoms with E-state index >= 15 is 0 Å². The molecule has 0 saturated carbocycles. The lowest BCUT2D eigenvalue weighted by atomic mass is 9.81. The van der Waals surface area contributed by atoms with Crippen molar-refractivity contribution in [2.75, 3.05) is 30.4 Å². The van der Waals surface area contributed by atoms with Crippen LogP contribution in [0.2, 0.25) is 0 Å². The Morgan fingerprint density at radius 3 is 2.40 bits per heavy atom. The summed E-state index contributed by atoms with van der Waals surface area (Å²) in [5.74, 6) is 1.12. The second-order valence-corrected chi connectivity index (χ2v) is 9.90. The zero-order valence-corrected chi connectivity index (χ0v) is 19.8. The molecule has 9 heteroatoms. The van der Waals surface area contributed by atoms with Crippen LogP contribution >= 0.6 is 11.6 Å². The molecule has 1 aromatic heterocycles. The maximum Gasteiger partial charge on any atom is 0.498 e. The molecule has 1 unspecified atom stereocenters. The largest absolute Gasteiger partial charge is 0.498 e. The number of carbonyl (C=O) groups is 1. The van der Waals surface area contributed by atoms with Crippen molar-refractivity contribution in [2.45, 2.75) is 71.6 Å². The maximum absolute atomic E-state index is 12.0. The SMILES string of the molecule is CC(C)N(CC1CCCN(C(=O)CCl)C1)c1ncc(B2OC(C)(C)C(C)(C)O2)cn1. The van der Waals surface area contributed by atoms with Gasteiger partial charge >= 0.3 is 7.12 Å². The van der Waals surface area contributed by atoms with Gasteiger partial charge in [-0.15, -0.1) is 11.6 Å². The number of rotatable bonds is 6. The van der Waals surface area contributed by atoms with E-state index in [0.717, 1.165) is 37.9 Å². The predicted molar refractivity (Wildman–Crippen MR) is 120 cm³/mol. The van der Waals surface area contributed by atoms with Gasteiger partial charge in [-0.3, -0.25) is 4.79 Å². The lowest BCUT2D eigenvalue weighted by Crippen LogP contribution is -2.46. The number of aromatic nitrogens is 2. The highest BCUT2D eigenvalue weighted by Gasteiger charge is 2.52. The van der Waals surface area contributed by atoms with Crippen molar-refractivity contribution >= 4 is 36.0 Å². The van der Waals surface area contributed by atoms with Gasteiger partial charge in [0.05, 0.1) is 11.2 Å². The molecule has 1 atom stereocenters. The van der Waals surface area contributed by atoms with Crippen LogP contribution in [0.3, 0.4) is 0 Å². The Balaban J connectivity index is 1.69. The Morgan fingerprint density at radius 1 is 1.27 bits per heavy atom. The predicted octanol–water partition coefficient (Wildman–Crippen LogP) is 2.47. The van der Waals surface area contributed by atoms with Crippen LogP contribution in [-0.2, 0) is 14.1 Å². The van der Waals surface area contributed by atoms with Crippen molar-refractivity contribution in [2.24, 2.45) is 5.92 Å². The minimum absolute atomic E-state index is 0.0143. The smallest absolute Gasteiger partial charge is 0.399 e. The molecule has 7 nitrogen and oxygen atoms in total. The van der Waals surface area contributed by atoms with Crippen LogP contribution in [0.15, 0.2) is 12.4 Å². The van der Waals surface area contributed by atoms with E-state index in [0.29, 0.717) is 11.9 Å². The van der Waals surface area contributed by atoms with Crippen LogP contribution in [0, 0.1) is 5.92 Å². The molecule has 30 heavy (non-hydrogen) atoms. The first-order valence-corrected chi connectivity index (χ1v) is 11.4. The highest BCUT2D eigenvalue weighted by Crippen LogP contribution is 2.36. The summed E-state index contributed by atoms with van der Waals surface area (Å²) in [4.78, 5) is 25.3. The first-order valence-electron chi connectivity index (χ1n) is 10.8. The van der Waals surface area contributed by atoms with Gasteiger partial charge in [0.2, 0.25) is 11.9 Å². The van der Waals surface area contributed by atoms with Crippen LogP contribution < -0.4 is 10.4 Å². The summed E-state index contributed by atoms with van der Waals surface area (Å²) in [6, 6.07) is 0.242. The van der Waals surface area contributed by atoms with Gasteiger partial charge in [0, 0.05) is 43.5 Å². The standard InChI is InChI=1S/C21H34BClN4O3/c1-15(2)27(14-16-8-7-9-26(13-16)18(28)10-23)19-24-11-17(12-25-19)22-29-20(3,4)21(5,6)30-22/h11-12,15-16H,7-10,13-14H2,1-6H3. The third-order valence-electron chi connectivity index (χ3n) is 6.50. The lowest BCUT2D eigenvalue weighted by Gasteiger charge is -2.37. The van der Waals surface area contributed by atoms with Gasteiger partial charge in [0.15, 0.2) is 0 Å². The monoisotopic (exact) mass is 436 g/mol. The summed E-state index contributed by atoms with van der Waals surface area (Å²) < 4.78 is 12.2. The van der Waals surface area contributed by atoms with Crippen molar-refractivity contribution in [3.8, 4) is 0 Å². The molecule has 3 rings (SSSR count). The van der Waals surface area contributed by atoms with E-state index < -0.39 is 18.3 Å². The van der Waals surface area contributed by atoms with Gasteiger partial charge in [0.25, 0.3) is 0 Å². The van der Waals surface area contributed by atoms with Crippen LogP contribution in [0.1, 0.15) is 54.4 Å². The Kier molecular flexibility index (Phi) is 6.99. The van der Waals surface area contributed by atoms with E-state index in [4.69, 9.17) is 20.9 Å². The molecule has 166 valence electrons. The second kappa shape index (κ2) is 9.01. The van der Waals surface area contributed by atoms with Gasteiger partial charge < -0.3 is 19.1 Å². The molecule has 2 fully saturated rings. The third kappa shape index (κ3) is 4.92. The summed E-state index contributed by atoms with van der Waals surface area (Å²) >= 11 is 5.75. The van der Waals surface area contributed by atoms with Gasteiger partial charge in [-0.05, 0) is 60.3 Å². The molecule has 2 saturated heterocycles. The highest BCUT2D eigenvalue weighted by molar-refractivity contribution is 6.61. The van der Waals surface area contributed by atoms with E-state index in [2.05, 4.69) is 28.7 Å². The number of hydrogen-bond donors (Lipinski definition) is 0. The number of carbonyl (C=O) groups excluding carboxylic acids is 1. The molecule has 2 aliphatic rings. The number of hydrogen-bond acceptors (Lipinski definition) is 6. The Morgan fingerprint density at radius 2 is 1.87 bits per heavy atom. The third-order valence-corrected chi connectivity index (χ3v) is 6.73. The lowest BCUT2D eigenvalue weighted by molar-refractivity contribution is -0.130. The summed E-state index contributed by atoms with van der Waals surface area (Å²) in [5.41, 5.74) is 0.0269. The minimum atomic E-state index is -0.468. The number of likely N-dealkylation sites (tertiary alicyclic amines) is 1.